The van der Waals surface area contributed by atoms with E-state index in [-0.39, 0.29) is 0 Å². The highest BCUT2D eigenvalue weighted by molar-refractivity contribution is 5.36. The lowest BCUT2D eigenvalue weighted by molar-refractivity contribution is 0.370. The Morgan fingerprint density at radius 1 is 1.67 bits per heavy atom. The zero-order valence-electron chi connectivity index (χ0n) is 5.80. The van der Waals surface area contributed by atoms with Crippen molar-refractivity contribution < 1.29 is 0 Å². The first-order chi connectivity index (χ1) is 4.29. The average molecular weight is 123 g/mol. The summed E-state index contributed by atoms with van der Waals surface area (Å²) in [6.45, 7) is 2.30. The van der Waals surface area contributed by atoms with Crippen LogP contribution in [0.15, 0.2) is 0 Å². The second-order valence-electron chi connectivity index (χ2n) is 4.10. The third-order valence-electron chi connectivity index (χ3n) is 3.89. The van der Waals surface area contributed by atoms with Gasteiger partial charge >= 0.3 is 0 Å². The second-order valence-corrected chi connectivity index (χ2v) is 4.10. The Labute approximate surface area is 55.6 Å². The van der Waals surface area contributed by atoms with Gasteiger partial charge in [0.15, 0.2) is 0 Å². The van der Waals surface area contributed by atoms with Gasteiger partial charge in [0.2, 0.25) is 0 Å². The molecule has 3 aliphatic rings. The maximum absolute atomic E-state index is 6.05. The fourth-order valence-corrected chi connectivity index (χ4v) is 3.31. The molecule has 2 N–H and O–H groups in total. The lowest BCUT2D eigenvalue weighted by Gasteiger charge is -2.18. The molecular formula is C8H13N. The largest absolute Gasteiger partial charge is 0.325 e. The molecule has 0 spiro atoms. The highest BCUT2D eigenvalue weighted by Crippen LogP contribution is 2.81. The van der Waals surface area contributed by atoms with E-state index < -0.39 is 0 Å². The summed E-state index contributed by atoms with van der Waals surface area (Å²) in [6.07, 6.45) is 2.74. The van der Waals surface area contributed by atoms with Crippen LogP contribution in [0.2, 0.25) is 0 Å². The van der Waals surface area contributed by atoms with Crippen molar-refractivity contribution in [1.82, 2.24) is 0 Å². The fraction of sp³-hybridized carbons (Fsp3) is 1.00. The van der Waals surface area contributed by atoms with Crippen molar-refractivity contribution in [1.29, 1.82) is 0 Å². The van der Waals surface area contributed by atoms with Gasteiger partial charge in [-0.25, -0.2) is 0 Å². The minimum absolute atomic E-state index is 0.394. The van der Waals surface area contributed by atoms with Crippen LogP contribution in [0.5, 0.6) is 0 Å². The highest BCUT2D eigenvalue weighted by atomic mass is 15.0. The molecule has 5 unspecified atom stereocenters. The zero-order valence-corrected chi connectivity index (χ0v) is 5.80. The van der Waals surface area contributed by atoms with Gasteiger partial charge in [-0.15, -0.1) is 0 Å². The van der Waals surface area contributed by atoms with Gasteiger partial charge in [-0.1, -0.05) is 13.3 Å². The smallest absolute Gasteiger partial charge is 0.0224 e. The predicted octanol–water partition coefficient (Wildman–Crippen LogP) is 0.990. The molecule has 50 valence electrons. The van der Waals surface area contributed by atoms with E-state index in [1.165, 1.54) is 12.8 Å². The predicted molar refractivity (Wildman–Crippen MR) is 35.8 cm³/mol. The number of hydrogen-bond donors (Lipinski definition) is 1. The monoisotopic (exact) mass is 123 g/mol. The van der Waals surface area contributed by atoms with Gasteiger partial charge in [0.1, 0.15) is 0 Å². The van der Waals surface area contributed by atoms with Gasteiger partial charge in [-0.05, 0) is 30.1 Å². The molecule has 9 heavy (non-hydrogen) atoms. The molecule has 1 heteroatoms. The lowest BCUT2D eigenvalue weighted by atomic mass is 9.94. The van der Waals surface area contributed by atoms with E-state index in [0.29, 0.717) is 5.54 Å². The van der Waals surface area contributed by atoms with E-state index in [9.17, 15) is 0 Å². The summed E-state index contributed by atoms with van der Waals surface area (Å²) in [5, 5.41) is 0. The molecule has 0 aliphatic heterocycles. The van der Waals surface area contributed by atoms with Gasteiger partial charge in [0, 0.05) is 5.54 Å². The molecule has 3 saturated carbocycles. The van der Waals surface area contributed by atoms with E-state index in [1.54, 1.807) is 0 Å². The van der Waals surface area contributed by atoms with Gasteiger partial charge in [-0.2, -0.15) is 0 Å². The number of fused-ring (bicyclic) bond motifs is 4. The number of hydrogen-bond acceptors (Lipinski definition) is 1. The molecule has 0 bridgehead atoms. The number of nitrogens with two attached hydrogens (primary N) is 1. The summed E-state index contributed by atoms with van der Waals surface area (Å²) in [5.41, 5.74) is 6.44. The van der Waals surface area contributed by atoms with Gasteiger partial charge < -0.3 is 5.73 Å². The summed E-state index contributed by atoms with van der Waals surface area (Å²) >= 11 is 0. The average Bonchev–Trinajstić information content (AvgIpc) is 2.63. The van der Waals surface area contributed by atoms with E-state index in [2.05, 4.69) is 6.92 Å². The van der Waals surface area contributed by atoms with E-state index in [1.807, 2.05) is 0 Å². The fourth-order valence-electron chi connectivity index (χ4n) is 3.31. The molecule has 0 saturated heterocycles. The van der Waals surface area contributed by atoms with Crippen LogP contribution in [0.1, 0.15) is 19.8 Å². The van der Waals surface area contributed by atoms with Crippen LogP contribution in [0.25, 0.3) is 0 Å². The Morgan fingerprint density at radius 2 is 2.44 bits per heavy atom. The zero-order chi connectivity index (χ0) is 6.22. The Kier molecular flexibility index (Phi) is 0.508. The maximum Gasteiger partial charge on any atom is 0.0224 e. The first kappa shape index (κ1) is 4.73. The van der Waals surface area contributed by atoms with Gasteiger partial charge in [0.05, 0.1) is 0 Å². The van der Waals surface area contributed by atoms with Crippen molar-refractivity contribution >= 4 is 0 Å². The Balaban J connectivity index is 1.85. The molecule has 0 radical (unpaired) electrons. The highest BCUT2D eigenvalue weighted by Gasteiger charge is 2.83. The third-order valence-corrected chi connectivity index (χ3v) is 3.89. The van der Waals surface area contributed by atoms with Crippen molar-refractivity contribution in [2.24, 2.45) is 29.4 Å². The van der Waals surface area contributed by atoms with Crippen LogP contribution >= 0.6 is 0 Å². The van der Waals surface area contributed by atoms with Crippen molar-refractivity contribution in [2.75, 3.05) is 0 Å². The SMILES string of the molecule is CCC1C2C3CC3(N)C12. The standard InChI is InChI=1S/C8H13N/c1-2-4-6-5-3-8(5,9)7(4)6/h4-7H,2-3,9H2,1H3. The molecule has 0 heterocycles. The Hall–Kier alpha value is -0.0400. The second kappa shape index (κ2) is 0.968. The molecule has 0 amide bonds. The lowest BCUT2D eigenvalue weighted by Crippen LogP contribution is -2.35. The van der Waals surface area contributed by atoms with Crippen molar-refractivity contribution in [3.05, 3.63) is 0 Å². The van der Waals surface area contributed by atoms with E-state index in [0.717, 1.165) is 23.7 Å². The minimum atomic E-state index is 0.394. The molecule has 0 aromatic rings. The topological polar surface area (TPSA) is 26.0 Å². The minimum Gasteiger partial charge on any atom is -0.325 e. The van der Waals surface area contributed by atoms with Crippen LogP contribution in [-0.2, 0) is 0 Å². The first-order valence-electron chi connectivity index (χ1n) is 4.08. The molecule has 0 aromatic carbocycles. The Morgan fingerprint density at radius 3 is 2.78 bits per heavy atom. The molecule has 0 aromatic heterocycles. The molecular weight excluding hydrogens is 110 g/mol. The summed E-state index contributed by atoms with van der Waals surface area (Å²) in [4.78, 5) is 0. The van der Waals surface area contributed by atoms with Gasteiger partial charge in [-0.3, -0.25) is 0 Å². The van der Waals surface area contributed by atoms with Crippen molar-refractivity contribution in [3.63, 3.8) is 0 Å². The van der Waals surface area contributed by atoms with Crippen LogP contribution in [0, 0.1) is 23.7 Å². The van der Waals surface area contributed by atoms with Crippen LogP contribution in [0.4, 0.5) is 0 Å². The first-order valence-corrected chi connectivity index (χ1v) is 4.08. The van der Waals surface area contributed by atoms with Gasteiger partial charge in [0.25, 0.3) is 0 Å². The van der Waals surface area contributed by atoms with Crippen LogP contribution in [0.3, 0.4) is 0 Å². The molecule has 3 fully saturated rings. The van der Waals surface area contributed by atoms with Crippen molar-refractivity contribution in [2.45, 2.75) is 25.3 Å². The molecule has 5 atom stereocenters. The molecule has 1 nitrogen and oxygen atoms in total. The van der Waals surface area contributed by atoms with E-state index in [4.69, 9.17) is 5.73 Å². The van der Waals surface area contributed by atoms with Crippen molar-refractivity contribution in [3.8, 4) is 0 Å². The quantitative estimate of drug-likeness (QED) is 0.553. The Bertz CT molecular complexity index is 173. The van der Waals surface area contributed by atoms with Crippen LogP contribution < -0.4 is 5.73 Å². The van der Waals surface area contributed by atoms with E-state index >= 15 is 0 Å². The summed E-state index contributed by atoms with van der Waals surface area (Å²) in [7, 11) is 0. The van der Waals surface area contributed by atoms with Crippen LogP contribution in [-0.4, -0.2) is 5.54 Å². The maximum atomic E-state index is 6.05. The summed E-state index contributed by atoms with van der Waals surface area (Å²) in [5.74, 6) is 4.11. The normalized spacial score (nSPS) is 74.0. The molecule has 3 rings (SSSR count). The summed E-state index contributed by atoms with van der Waals surface area (Å²) < 4.78 is 0. The molecule has 3 aliphatic carbocycles. The third kappa shape index (κ3) is 0.295. The summed E-state index contributed by atoms with van der Waals surface area (Å²) in [6, 6.07) is 0. The number of rotatable bonds is 1.